The molecule has 0 aliphatic carbocycles. The fourth-order valence-electron chi connectivity index (χ4n) is 1.88. The van der Waals surface area contributed by atoms with Crippen molar-refractivity contribution in [3.8, 4) is 0 Å². The predicted molar refractivity (Wildman–Crippen MR) is 68.4 cm³/mol. The van der Waals surface area contributed by atoms with E-state index in [1.54, 1.807) is 12.1 Å². The average molecular weight is 261 g/mol. The topological polar surface area (TPSA) is 62.5 Å². The second kappa shape index (κ2) is 4.51. The number of hydrogen-bond donors (Lipinski definition) is 2. The van der Waals surface area contributed by atoms with Crippen LogP contribution in [0.2, 0.25) is 0 Å². The van der Waals surface area contributed by atoms with Crippen LogP contribution in [0.3, 0.4) is 0 Å². The number of nitrogens with one attached hydrogen (secondary N) is 1. The van der Waals surface area contributed by atoms with Crippen LogP contribution in [0, 0.1) is 0 Å². The number of rotatable bonds is 1. The summed E-state index contributed by atoms with van der Waals surface area (Å²) >= 11 is 1.42. The molecule has 1 aliphatic rings. The minimum atomic E-state index is -1.13. The zero-order valence-electron chi connectivity index (χ0n) is 9.37. The van der Waals surface area contributed by atoms with Crippen molar-refractivity contribution in [3.05, 3.63) is 48.4 Å². The molecule has 2 aromatic rings. The van der Waals surface area contributed by atoms with Gasteiger partial charge in [-0.2, -0.15) is 0 Å². The molecule has 1 aromatic carbocycles. The van der Waals surface area contributed by atoms with Crippen LogP contribution in [0.25, 0.3) is 0 Å². The number of hydrogen-bond acceptors (Lipinski definition) is 4. The van der Waals surface area contributed by atoms with Crippen LogP contribution in [0.1, 0.15) is 11.0 Å². The number of amides is 1. The lowest BCUT2D eigenvalue weighted by Gasteiger charge is -2.15. The molecule has 1 aromatic heterocycles. The first kappa shape index (κ1) is 11.4. The molecule has 0 bridgehead atoms. The van der Waals surface area contributed by atoms with Gasteiger partial charge < -0.3 is 14.8 Å². The molecule has 18 heavy (non-hydrogen) atoms. The Morgan fingerprint density at radius 2 is 2.06 bits per heavy atom. The molecular weight excluding hydrogens is 250 g/mol. The summed E-state index contributed by atoms with van der Waals surface area (Å²) in [5.41, 5.74) is 0.723. The van der Waals surface area contributed by atoms with Crippen LogP contribution < -0.4 is 5.32 Å². The number of aliphatic hydroxyl groups excluding tert-OH is 1. The van der Waals surface area contributed by atoms with Gasteiger partial charge in [-0.1, -0.05) is 12.1 Å². The molecule has 2 atom stereocenters. The molecule has 0 unspecified atom stereocenters. The van der Waals surface area contributed by atoms with Crippen LogP contribution in [0.15, 0.2) is 52.0 Å². The number of carbonyl (C=O) groups is 1. The maximum Gasteiger partial charge on any atom is 0.254 e. The lowest BCUT2D eigenvalue weighted by Crippen LogP contribution is -2.30. The highest BCUT2D eigenvalue weighted by Crippen LogP contribution is 2.43. The van der Waals surface area contributed by atoms with Gasteiger partial charge in [0.05, 0.1) is 12.0 Å². The van der Waals surface area contributed by atoms with Gasteiger partial charge in [-0.3, -0.25) is 4.79 Å². The second-order valence-electron chi connectivity index (χ2n) is 3.98. The van der Waals surface area contributed by atoms with Crippen LogP contribution in [-0.4, -0.2) is 17.1 Å². The Bertz CT molecular complexity index is 567. The summed E-state index contributed by atoms with van der Waals surface area (Å²) in [6.45, 7) is 0. The largest absolute Gasteiger partial charge is 0.468 e. The van der Waals surface area contributed by atoms with Gasteiger partial charge in [-0.25, -0.2) is 0 Å². The van der Waals surface area contributed by atoms with Gasteiger partial charge in [-0.15, -0.1) is 11.8 Å². The maximum absolute atomic E-state index is 11.9. The zero-order chi connectivity index (χ0) is 12.5. The number of carbonyl (C=O) groups excluding carboxylic acids is 1. The van der Waals surface area contributed by atoms with Crippen molar-refractivity contribution in [3.63, 3.8) is 0 Å². The third-order valence-corrected chi connectivity index (χ3v) is 4.13. The summed E-state index contributed by atoms with van der Waals surface area (Å²) in [5.74, 6) is 0.188. The number of furan rings is 1. The molecule has 3 rings (SSSR count). The number of anilines is 1. The van der Waals surface area contributed by atoms with Gasteiger partial charge in [0.15, 0.2) is 6.10 Å². The van der Waals surface area contributed by atoms with E-state index in [1.165, 1.54) is 18.0 Å². The highest BCUT2D eigenvalue weighted by atomic mass is 32.2. The monoisotopic (exact) mass is 261 g/mol. The van der Waals surface area contributed by atoms with Gasteiger partial charge in [0.2, 0.25) is 0 Å². The first-order valence-electron chi connectivity index (χ1n) is 5.54. The van der Waals surface area contributed by atoms with Crippen molar-refractivity contribution in [2.45, 2.75) is 16.2 Å². The highest BCUT2D eigenvalue weighted by Gasteiger charge is 2.34. The Balaban J connectivity index is 2.03. The standard InChI is InChI=1S/C13H11NO3S/c15-11-12(9-5-3-7-17-9)18-10-6-2-1-4-8(10)14-13(11)16/h1-7,11-12,15H,(H,14,16)/t11-,12-/m0/s1. The normalized spacial score (nSPS) is 23.1. The molecule has 0 radical (unpaired) electrons. The van der Waals surface area contributed by atoms with Crippen molar-refractivity contribution in [1.82, 2.24) is 0 Å². The minimum Gasteiger partial charge on any atom is -0.468 e. The third-order valence-electron chi connectivity index (χ3n) is 2.78. The van der Waals surface area contributed by atoms with E-state index in [-0.39, 0.29) is 0 Å². The van der Waals surface area contributed by atoms with Crippen molar-refractivity contribution in [2.75, 3.05) is 5.32 Å². The summed E-state index contributed by atoms with van der Waals surface area (Å²) in [4.78, 5) is 12.8. The SMILES string of the molecule is O=C1Nc2ccccc2S[C@@H](c2ccco2)[C@@H]1O. The maximum atomic E-state index is 11.9. The lowest BCUT2D eigenvalue weighted by atomic mass is 10.2. The Hall–Kier alpha value is -1.72. The van der Waals surface area contributed by atoms with Crippen molar-refractivity contribution in [1.29, 1.82) is 0 Å². The second-order valence-corrected chi connectivity index (χ2v) is 5.17. The van der Waals surface area contributed by atoms with Crippen molar-refractivity contribution >= 4 is 23.4 Å². The molecule has 2 heterocycles. The summed E-state index contributed by atoms with van der Waals surface area (Å²) in [5, 5.41) is 12.4. The molecule has 1 amide bonds. The quantitative estimate of drug-likeness (QED) is 0.827. The van der Waals surface area contributed by atoms with Gasteiger partial charge in [0.25, 0.3) is 5.91 Å². The van der Waals surface area contributed by atoms with Gasteiger partial charge in [-0.05, 0) is 24.3 Å². The van der Waals surface area contributed by atoms with Crippen molar-refractivity contribution < 1.29 is 14.3 Å². The summed E-state index contributed by atoms with van der Waals surface area (Å²) in [6, 6.07) is 11.0. The van der Waals surface area contributed by atoms with Crippen LogP contribution in [0.5, 0.6) is 0 Å². The zero-order valence-corrected chi connectivity index (χ0v) is 10.2. The Labute approximate surface area is 108 Å². The lowest BCUT2D eigenvalue weighted by molar-refractivity contribution is -0.124. The molecule has 5 heteroatoms. The Kier molecular flexibility index (Phi) is 2.85. The number of fused-ring (bicyclic) bond motifs is 1. The fourth-order valence-corrected chi connectivity index (χ4v) is 3.06. The molecule has 4 nitrogen and oxygen atoms in total. The van der Waals surface area contributed by atoms with E-state index in [0.717, 1.165) is 10.6 Å². The highest BCUT2D eigenvalue weighted by molar-refractivity contribution is 7.99. The van der Waals surface area contributed by atoms with Crippen LogP contribution >= 0.6 is 11.8 Å². The van der Waals surface area contributed by atoms with Crippen LogP contribution in [-0.2, 0) is 4.79 Å². The van der Waals surface area contributed by atoms with E-state index < -0.39 is 17.3 Å². The first-order chi connectivity index (χ1) is 8.75. The van der Waals surface area contributed by atoms with Gasteiger partial charge in [0, 0.05) is 4.90 Å². The third kappa shape index (κ3) is 1.91. The number of para-hydroxylation sites is 1. The fraction of sp³-hybridized carbons (Fsp3) is 0.154. The van der Waals surface area contributed by atoms with E-state index in [0.29, 0.717) is 5.76 Å². The van der Waals surface area contributed by atoms with E-state index in [2.05, 4.69) is 5.32 Å². The van der Waals surface area contributed by atoms with E-state index in [9.17, 15) is 9.90 Å². The molecule has 1 aliphatic heterocycles. The molecule has 92 valence electrons. The average Bonchev–Trinajstić information content (AvgIpc) is 2.86. The van der Waals surface area contributed by atoms with Crippen molar-refractivity contribution in [2.24, 2.45) is 0 Å². The number of thioether (sulfide) groups is 1. The van der Waals surface area contributed by atoms with Gasteiger partial charge >= 0.3 is 0 Å². The molecule has 0 saturated carbocycles. The minimum absolute atomic E-state index is 0.408. The summed E-state index contributed by atoms with van der Waals surface area (Å²) < 4.78 is 5.30. The number of benzene rings is 1. The summed E-state index contributed by atoms with van der Waals surface area (Å²) in [6.07, 6.45) is 0.408. The smallest absolute Gasteiger partial charge is 0.254 e. The van der Waals surface area contributed by atoms with E-state index >= 15 is 0 Å². The Morgan fingerprint density at radius 1 is 1.22 bits per heavy atom. The van der Waals surface area contributed by atoms with E-state index in [1.807, 2.05) is 24.3 Å². The molecular formula is C13H11NO3S. The molecule has 2 N–H and O–H groups in total. The van der Waals surface area contributed by atoms with Gasteiger partial charge in [0.1, 0.15) is 11.0 Å². The predicted octanol–water partition coefficient (Wildman–Crippen LogP) is 2.43. The first-order valence-corrected chi connectivity index (χ1v) is 6.42. The van der Waals surface area contributed by atoms with Crippen LogP contribution in [0.4, 0.5) is 5.69 Å². The molecule has 0 fully saturated rings. The number of aliphatic hydroxyl groups is 1. The molecule has 0 spiro atoms. The van der Waals surface area contributed by atoms with E-state index in [4.69, 9.17) is 4.42 Å². The molecule has 0 saturated heterocycles. The summed E-state index contributed by atoms with van der Waals surface area (Å²) in [7, 11) is 0. The Morgan fingerprint density at radius 3 is 2.83 bits per heavy atom.